The van der Waals surface area contributed by atoms with E-state index in [1.54, 1.807) is 0 Å². The molecule has 8 heteroatoms. The summed E-state index contributed by atoms with van der Waals surface area (Å²) in [5.74, 6) is -3.09. The molecule has 0 unspecified atom stereocenters. The van der Waals surface area contributed by atoms with Crippen LogP contribution in [-0.2, 0) is 9.59 Å². The lowest BCUT2D eigenvalue weighted by atomic mass is 10.5. The minimum Gasteiger partial charge on any atom is -0.545 e. The number of hydrogen-bond donors (Lipinski definition) is 0. The number of hydrogen-bond acceptors (Lipinski definition) is 6. The molecule has 0 N–H and O–H groups in total. The highest BCUT2D eigenvalue weighted by molar-refractivity contribution is 5.87. The minimum atomic E-state index is -1.55. The summed E-state index contributed by atoms with van der Waals surface area (Å²) in [4.78, 5) is 23.4. The van der Waals surface area contributed by atoms with Crippen molar-refractivity contribution in [2.24, 2.45) is 0 Å². The number of carboxylic acid groups (broad SMARTS) is 2. The van der Waals surface area contributed by atoms with Crippen molar-refractivity contribution in [3.63, 3.8) is 0 Å². The SMILES string of the molecule is CCN1C=[N+](C)CC1.CCN1C=[N+](C)CC1.O=C([O-])/C=C\C(=O)[O-]. The second-order valence-electron chi connectivity index (χ2n) is 5.42. The average Bonchev–Trinajstić information content (AvgIpc) is 3.14. The van der Waals surface area contributed by atoms with Crippen LogP contribution in [0.15, 0.2) is 12.2 Å². The zero-order chi connectivity index (χ0) is 18.5. The Hall–Kier alpha value is -2.38. The van der Waals surface area contributed by atoms with Crippen LogP contribution in [-0.4, -0.2) is 96.9 Å². The van der Waals surface area contributed by atoms with E-state index in [4.69, 9.17) is 0 Å². The maximum Gasteiger partial charge on any atom is 0.234 e. The third-order valence-corrected chi connectivity index (χ3v) is 3.37. The number of likely N-dealkylation sites (N-methyl/N-ethyl adjacent to an activating group) is 4. The third-order valence-electron chi connectivity index (χ3n) is 3.37. The van der Waals surface area contributed by atoms with E-state index in [2.05, 4.69) is 59.6 Å². The molecule has 0 aromatic rings. The zero-order valence-electron chi connectivity index (χ0n) is 15.0. The van der Waals surface area contributed by atoms with E-state index in [-0.39, 0.29) is 0 Å². The lowest BCUT2D eigenvalue weighted by Gasteiger charge is -1.98. The molecule has 0 saturated heterocycles. The number of nitrogens with zero attached hydrogens (tertiary/aromatic N) is 4. The Labute approximate surface area is 143 Å². The molecular formula is C16H28N4O4. The summed E-state index contributed by atoms with van der Waals surface area (Å²) in [6.07, 6.45) is 5.10. The van der Waals surface area contributed by atoms with Crippen LogP contribution in [0.5, 0.6) is 0 Å². The standard InChI is InChI=1S/2C6H13N2.C4H4O4/c2*1-3-8-5-4-7(2)6-8;5-3(6)1-2-4(7)8/h2*6H,3-5H2,1-2H3;1-2H,(H,5,6)(H,7,8)/q2*+1;/p-2/b;;2-1-. The highest BCUT2D eigenvalue weighted by Crippen LogP contribution is 1.89. The van der Waals surface area contributed by atoms with Gasteiger partial charge in [0.1, 0.15) is 26.2 Å². The van der Waals surface area contributed by atoms with Crippen molar-refractivity contribution in [3.8, 4) is 0 Å². The fraction of sp³-hybridized carbons (Fsp3) is 0.625. The Balaban J connectivity index is 0.000000331. The van der Waals surface area contributed by atoms with Gasteiger partial charge in [0.15, 0.2) is 0 Å². The van der Waals surface area contributed by atoms with Crippen molar-refractivity contribution < 1.29 is 29.0 Å². The molecule has 0 amide bonds. The van der Waals surface area contributed by atoms with Gasteiger partial charge in [0.2, 0.25) is 12.7 Å². The quantitative estimate of drug-likeness (QED) is 0.401. The van der Waals surface area contributed by atoms with Crippen LogP contribution in [0.25, 0.3) is 0 Å². The Morgan fingerprint density at radius 2 is 1.25 bits per heavy atom. The van der Waals surface area contributed by atoms with Crippen LogP contribution in [0, 0.1) is 0 Å². The first-order chi connectivity index (χ1) is 11.3. The van der Waals surface area contributed by atoms with E-state index in [0.29, 0.717) is 12.2 Å². The molecule has 24 heavy (non-hydrogen) atoms. The lowest BCUT2D eigenvalue weighted by molar-refractivity contribution is -0.482. The van der Waals surface area contributed by atoms with Crippen LogP contribution in [0.3, 0.4) is 0 Å². The Morgan fingerprint density at radius 1 is 0.917 bits per heavy atom. The first-order valence-corrected chi connectivity index (χ1v) is 7.97. The van der Waals surface area contributed by atoms with Gasteiger partial charge in [-0.2, -0.15) is 0 Å². The normalized spacial score (nSPS) is 16.0. The third kappa shape index (κ3) is 11.2. The van der Waals surface area contributed by atoms with Crippen molar-refractivity contribution in [3.05, 3.63) is 12.2 Å². The van der Waals surface area contributed by atoms with E-state index >= 15 is 0 Å². The molecule has 2 heterocycles. The van der Waals surface area contributed by atoms with Crippen LogP contribution >= 0.6 is 0 Å². The van der Waals surface area contributed by atoms with Gasteiger partial charge in [-0.3, -0.25) is 19.0 Å². The van der Waals surface area contributed by atoms with Crippen molar-refractivity contribution in [2.45, 2.75) is 13.8 Å². The van der Waals surface area contributed by atoms with Crippen LogP contribution in [0.1, 0.15) is 13.8 Å². The molecule has 0 atom stereocenters. The van der Waals surface area contributed by atoms with E-state index in [9.17, 15) is 19.8 Å². The second kappa shape index (κ2) is 12.1. The summed E-state index contributed by atoms with van der Waals surface area (Å²) in [5, 5.41) is 18.8. The van der Waals surface area contributed by atoms with E-state index in [1.165, 1.54) is 26.2 Å². The van der Waals surface area contributed by atoms with Crippen molar-refractivity contribution in [1.29, 1.82) is 0 Å². The molecule has 8 nitrogen and oxygen atoms in total. The highest BCUT2D eigenvalue weighted by Gasteiger charge is 2.12. The van der Waals surface area contributed by atoms with Crippen LogP contribution in [0.4, 0.5) is 0 Å². The number of carbonyl (C=O) groups excluding carboxylic acids is 2. The van der Waals surface area contributed by atoms with Crippen molar-refractivity contribution in [1.82, 2.24) is 9.80 Å². The molecule has 0 aromatic carbocycles. The van der Waals surface area contributed by atoms with Gasteiger partial charge >= 0.3 is 0 Å². The summed E-state index contributed by atoms with van der Waals surface area (Å²) in [6, 6.07) is 0. The number of carbonyl (C=O) groups is 2. The molecule has 2 aliphatic rings. The van der Waals surface area contributed by atoms with Crippen molar-refractivity contribution in [2.75, 3.05) is 53.4 Å². The Kier molecular flexibility index (Phi) is 10.9. The summed E-state index contributed by atoms with van der Waals surface area (Å²) in [5.41, 5.74) is 0. The topological polar surface area (TPSA) is 92.8 Å². The molecule has 0 radical (unpaired) electrons. The smallest absolute Gasteiger partial charge is 0.234 e. The number of rotatable bonds is 4. The molecule has 0 aliphatic carbocycles. The first-order valence-electron chi connectivity index (χ1n) is 7.97. The summed E-state index contributed by atoms with van der Waals surface area (Å²) < 4.78 is 4.42. The average molecular weight is 340 g/mol. The molecule has 0 bridgehead atoms. The van der Waals surface area contributed by atoms with Gasteiger partial charge in [-0.15, -0.1) is 0 Å². The zero-order valence-corrected chi connectivity index (χ0v) is 15.0. The predicted molar refractivity (Wildman–Crippen MR) is 87.9 cm³/mol. The fourth-order valence-corrected chi connectivity index (χ4v) is 1.98. The lowest BCUT2D eigenvalue weighted by Crippen LogP contribution is -2.23. The van der Waals surface area contributed by atoms with Gasteiger partial charge in [0, 0.05) is 0 Å². The number of aliphatic carboxylic acids is 2. The molecular weight excluding hydrogens is 312 g/mol. The summed E-state index contributed by atoms with van der Waals surface area (Å²) >= 11 is 0. The maximum absolute atomic E-state index is 9.41. The molecule has 0 spiro atoms. The molecule has 2 aliphatic heterocycles. The number of carboxylic acids is 2. The Bertz CT molecular complexity index is 456. The predicted octanol–water partition coefficient (Wildman–Crippen LogP) is -2.97. The fourth-order valence-electron chi connectivity index (χ4n) is 1.98. The molecule has 136 valence electrons. The van der Waals surface area contributed by atoms with Gasteiger partial charge in [-0.1, -0.05) is 0 Å². The van der Waals surface area contributed by atoms with Gasteiger partial charge in [0.25, 0.3) is 0 Å². The summed E-state index contributed by atoms with van der Waals surface area (Å²) in [6.45, 7) is 11.4. The monoisotopic (exact) mass is 340 g/mol. The van der Waals surface area contributed by atoms with E-state index < -0.39 is 11.9 Å². The maximum atomic E-state index is 9.41. The van der Waals surface area contributed by atoms with Crippen molar-refractivity contribution >= 4 is 24.6 Å². The van der Waals surface area contributed by atoms with Gasteiger partial charge in [-0.05, 0) is 26.0 Å². The van der Waals surface area contributed by atoms with Crippen LogP contribution < -0.4 is 10.2 Å². The van der Waals surface area contributed by atoms with E-state index in [1.807, 2.05) is 0 Å². The Morgan fingerprint density at radius 3 is 1.38 bits per heavy atom. The van der Waals surface area contributed by atoms with Gasteiger partial charge < -0.3 is 19.8 Å². The van der Waals surface area contributed by atoms with E-state index in [0.717, 1.165) is 13.1 Å². The van der Waals surface area contributed by atoms with Crippen LogP contribution in [0.2, 0.25) is 0 Å². The highest BCUT2D eigenvalue weighted by atomic mass is 16.4. The second-order valence-corrected chi connectivity index (χ2v) is 5.42. The molecule has 2 rings (SSSR count). The summed E-state index contributed by atoms with van der Waals surface area (Å²) in [7, 11) is 4.21. The molecule has 0 aromatic heterocycles. The molecule has 0 fully saturated rings. The first kappa shape index (κ1) is 21.6. The molecule has 0 saturated carbocycles. The van der Waals surface area contributed by atoms with Gasteiger partial charge in [0.05, 0.1) is 39.1 Å². The largest absolute Gasteiger partial charge is 0.545 e. The van der Waals surface area contributed by atoms with Gasteiger partial charge in [-0.25, -0.2) is 0 Å². The minimum absolute atomic E-state index is 0.384.